The summed E-state index contributed by atoms with van der Waals surface area (Å²) in [6.45, 7) is 2.01. The molecule has 0 aromatic heterocycles. The largest absolute Gasteiger partial charge is 0.391 e. The minimum absolute atomic E-state index is 0.393. The average molecular weight is 145 g/mol. The highest BCUT2D eigenvalue weighted by molar-refractivity contribution is 4.87. The summed E-state index contributed by atoms with van der Waals surface area (Å²) in [4.78, 5) is 0. The van der Waals surface area contributed by atoms with Gasteiger partial charge in [-0.15, -0.1) is 0 Å². The summed E-state index contributed by atoms with van der Waals surface area (Å²) in [6.07, 6.45) is 0.411. The third-order valence-corrected chi connectivity index (χ3v) is 2.18. The normalized spacial score (nSPS) is 49.2. The average Bonchev–Trinajstić information content (AvgIpc) is 1.82. The lowest BCUT2D eigenvalue weighted by molar-refractivity contribution is -0.00275. The van der Waals surface area contributed by atoms with E-state index in [2.05, 4.69) is 0 Å². The Balaban J connectivity index is 2.49. The number of hydrogen-bond acceptors (Lipinski definition) is 3. The van der Waals surface area contributed by atoms with E-state index in [4.69, 9.17) is 5.73 Å². The first-order valence-electron chi connectivity index (χ1n) is 3.73. The van der Waals surface area contributed by atoms with Crippen LogP contribution in [0.3, 0.4) is 0 Å². The molecule has 1 saturated carbocycles. The van der Waals surface area contributed by atoms with Crippen molar-refractivity contribution in [2.75, 3.05) is 0 Å². The van der Waals surface area contributed by atoms with Gasteiger partial charge >= 0.3 is 0 Å². The van der Waals surface area contributed by atoms with Crippen LogP contribution in [0.2, 0.25) is 0 Å². The molecule has 1 aliphatic carbocycles. The van der Waals surface area contributed by atoms with E-state index >= 15 is 0 Å². The van der Waals surface area contributed by atoms with Crippen molar-refractivity contribution in [1.29, 1.82) is 0 Å². The van der Waals surface area contributed by atoms with Gasteiger partial charge < -0.3 is 15.9 Å². The second kappa shape index (κ2) is 2.86. The maximum absolute atomic E-state index is 9.23. The van der Waals surface area contributed by atoms with Gasteiger partial charge in [0.2, 0.25) is 0 Å². The summed E-state index contributed by atoms with van der Waals surface area (Å²) in [5.74, 6) is 0.393. The number of nitrogens with two attached hydrogens (primary N) is 1. The topological polar surface area (TPSA) is 66.5 Å². The number of hydrogen-bond donors (Lipinski definition) is 3. The van der Waals surface area contributed by atoms with Crippen molar-refractivity contribution in [1.82, 2.24) is 0 Å². The van der Waals surface area contributed by atoms with E-state index < -0.39 is 18.2 Å². The van der Waals surface area contributed by atoms with E-state index in [1.54, 1.807) is 0 Å². The van der Waals surface area contributed by atoms with Gasteiger partial charge in [0, 0.05) is 0 Å². The highest BCUT2D eigenvalue weighted by atomic mass is 16.3. The molecule has 60 valence electrons. The summed E-state index contributed by atoms with van der Waals surface area (Å²) in [5.41, 5.74) is 5.48. The predicted molar refractivity (Wildman–Crippen MR) is 38.4 cm³/mol. The molecule has 0 heterocycles. The SMILES string of the molecule is CC1CC(O)C(N)C(O)C1. The van der Waals surface area contributed by atoms with Gasteiger partial charge in [-0.1, -0.05) is 6.92 Å². The van der Waals surface area contributed by atoms with Gasteiger partial charge in [0.25, 0.3) is 0 Å². The van der Waals surface area contributed by atoms with E-state index in [9.17, 15) is 10.2 Å². The molecule has 0 aliphatic heterocycles. The van der Waals surface area contributed by atoms with Crippen LogP contribution in [0.5, 0.6) is 0 Å². The quantitative estimate of drug-likeness (QED) is 0.429. The molecule has 1 rings (SSSR count). The maximum atomic E-state index is 9.23. The van der Waals surface area contributed by atoms with Crippen LogP contribution in [-0.4, -0.2) is 28.5 Å². The number of rotatable bonds is 0. The van der Waals surface area contributed by atoms with Gasteiger partial charge in [-0.25, -0.2) is 0 Å². The molecule has 1 aliphatic rings. The van der Waals surface area contributed by atoms with Gasteiger partial charge in [0.1, 0.15) is 0 Å². The molecular formula is C7H15NO2. The number of aliphatic hydroxyl groups is 2. The van der Waals surface area contributed by atoms with Crippen LogP contribution in [0.15, 0.2) is 0 Å². The molecule has 0 saturated heterocycles. The van der Waals surface area contributed by atoms with Crippen molar-refractivity contribution in [2.24, 2.45) is 11.7 Å². The zero-order valence-electron chi connectivity index (χ0n) is 6.20. The minimum Gasteiger partial charge on any atom is -0.391 e. The standard InChI is InChI=1S/C7H15NO2/c1-4-2-5(9)7(8)6(10)3-4/h4-7,9-10H,2-3,8H2,1H3. The summed E-state index contributed by atoms with van der Waals surface area (Å²) in [5, 5.41) is 18.5. The fourth-order valence-electron chi connectivity index (χ4n) is 1.49. The Morgan fingerprint density at radius 1 is 1.20 bits per heavy atom. The third-order valence-electron chi connectivity index (χ3n) is 2.18. The number of aliphatic hydroxyl groups excluding tert-OH is 2. The van der Waals surface area contributed by atoms with E-state index in [1.807, 2.05) is 6.92 Å². The molecule has 3 heteroatoms. The second-order valence-electron chi connectivity index (χ2n) is 3.29. The van der Waals surface area contributed by atoms with Crippen LogP contribution in [-0.2, 0) is 0 Å². The van der Waals surface area contributed by atoms with Crippen molar-refractivity contribution in [3.05, 3.63) is 0 Å². The molecule has 2 unspecified atom stereocenters. The van der Waals surface area contributed by atoms with Crippen LogP contribution < -0.4 is 5.73 Å². The lowest BCUT2D eigenvalue weighted by Gasteiger charge is -2.32. The first-order chi connectivity index (χ1) is 4.61. The highest BCUT2D eigenvalue weighted by Gasteiger charge is 2.31. The zero-order valence-corrected chi connectivity index (χ0v) is 6.20. The molecule has 0 bridgehead atoms. The van der Waals surface area contributed by atoms with Crippen LogP contribution in [0, 0.1) is 5.92 Å². The highest BCUT2D eigenvalue weighted by Crippen LogP contribution is 2.23. The van der Waals surface area contributed by atoms with E-state index in [-0.39, 0.29) is 0 Å². The Morgan fingerprint density at radius 3 is 2.00 bits per heavy atom. The molecule has 2 atom stereocenters. The van der Waals surface area contributed by atoms with Gasteiger partial charge in [-0.05, 0) is 18.8 Å². The van der Waals surface area contributed by atoms with Crippen LogP contribution >= 0.6 is 0 Å². The smallest absolute Gasteiger partial charge is 0.0718 e. The molecule has 0 amide bonds. The summed E-state index contributed by atoms with van der Waals surface area (Å²) in [6, 6.07) is -0.434. The first-order valence-corrected chi connectivity index (χ1v) is 3.73. The Bertz CT molecular complexity index is 106. The molecule has 0 radical (unpaired) electrons. The molecule has 0 spiro atoms. The van der Waals surface area contributed by atoms with E-state index in [1.165, 1.54) is 0 Å². The molecule has 10 heavy (non-hydrogen) atoms. The van der Waals surface area contributed by atoms with Crippen molar-refractivity contribution in [3.63, 3.8) is 0 Å². The van der Waals surface area contributed by atoms with Gasteiger partial charge in [-0.3, -0.25) is 0 Å². The predicted octanol–water partition coefficient (Wildman–Crippen LogP) is -0.535. The molecular weight excluding hydrogens is 130 g/mol. The zero-order chi connectivity index (χ0) is 7.72. The van der Waals surface area contributed by atoms with E-state index in [0.29, 0.717) is 5.92 Å². The van der Waals surface area contributed by atoms with E-state index in [0.717, 1.165) is 12.8 Å². The fraction of sp³-hybridized carbons (Fsp3) is 1.00. The second-order valence-corrected chi connectivity index (χ2v) is 3.29. The van der Waals surface area contributed by atoms with Crippen LogP contribution in [0.25, 0.3) is 0 Å². The summed E-state index contributed by atoms with van der Waals surface area (Å²) < 4.78 is 0. The van der Waals surface area contributed by atoms with Crippen molar-refractivity contribution in [2.45, 2.75) is 38.0 Å². The van der Waals surface area contributed by atoms with Crippen LogP contribution in [0.1, 0.15) is 19.8 Å². The molecule has 0 aromatic rings. The third kappa shape index (κ3) is 1.48. The molecule has 0 aromatic carbocycles. The Labute approximate surface area is 60.9 Å². The molecule has 4 N–H and O–H groups in total. The molecule has 3 nitrogen and oxygen atoms in total. The molecule has 1 fully saturated rings. The minimum atomic E-state index is -0.515. The Hall–Kier alpha value is -0.120. The van der Waals surface area contributed by atoms with Gasteiger partial charge in [0.05, 0.1) is 18.2 Å². The van der Waals surface area contributed by atoms with Crippen molar-refractivity contribution >= 4 is 0 Å². The first kappa shape index (κ1) is 7.98. The lowest BCUT2D eigenvalue weighted by atomic mass is 9.83. The van der Waals surface area contributed by atoms with Crippen LogP contribution in [0.4, 0.5) is 0 Å². The monoisotopic (exact) mass is 145 g/mol. The van der Waals surface area contributed by atoms with Crippen molar-refractivity contribution in [3.8, 4) is 0 Å². The Morgan fingerprint density at radius 2 is 1.60 bits per heavy atom. The summed E-state index contributed by atoms with van der Waals surface area (Å²) >= 11 is 0. The summed E-state index contributed by atoms with van der Waals surface area (Å²) in [7, 11) is 0. The van der Waals surface area contributed by atoms with Crippen molar-refractivity contribution < 1.29 is 10.2 Å². The van der Waals surface area contributed by atoms with Gasteiger partial charge in [-0.2, -0.15) is 0 Å². The van der Waals surface area contributed by atoms with Gasteiger partial charge in [0.15, 0.2) is 0 Å². The fourth-order valence-corrected chi connectivity index (χ4v) is 1.49. The Kier molecular flexibility index (Phi) is 2.28. The maximum Gasteiger partial charge on any atom is 0.0718 e. The lowest BCUT2D eigenvalue weighted by Crippen LogP contribution is -2.49.